The van der Waals surface area contributed by atoms with Crippen molar-refractivity contribution in [2.75, 3.05) is 13.2 Å². The molecule has 4 heteroatoms. The van der Waals surface area contributed by atoms with Crippen LogP contribution in [-0.2, 0) is 28.9 Å². The maximum atomic E-state index is 12.0. The average molecular weight is 256 g/mol. The van der Waals surface area contributed by atoms with E-state index < -0.39 is 5.41 Å². The number of nitrogens with zero attached hydrogens (tertiary/aromatic N) is 1. The lowest BCUT2D eigenvalue weighted by molar-refractivity contribution is -0.150. The van der Waals surface area contributed by atoms with E-state index in [0.29, 0.717) is 6.54 Å². The molecule has 19 heavy (non-hydrogen) atoms. The standard InChI is InChI=1S/C15H16N2O2/c16-8-15(9-19-10-15)14(18)17-7-11-4-5-12-2-1-3-13(12)6-11/h4-6H,1-3,7,9-10H2,(H,17,18). The van der Waals surface area contributed by atoms with E-state index in [0.717, 1.165) is 18.4 Å². The Balaban J connectivity index is 1.64. The number of benzene rings is 1. The third-order valence-electron chi connectivity index (χ3n) is 3.96. The van der Waals surface area contributed by atoms with Gasteiger partial charge in [0.25, 0.3) is 0 Å². The summed E-state index contributed by atoms with van der Waals surface area (Å²) < 4.78 is 4.98. The number of carbonyl (C=O) groups excluding carboxylic acids is 1. The molecule has 0 bridgehead atoms. The predicted molar refractivity (Wildman–Crippen MR) is 69.2 cm³/mol. The van der Waals surface area contributed by atoms with E-state index in [2.05, 4.69) is 29.6 Å². The van der Waals surface area contributed by atoms with Crippen molar-refractivity contribution in [2.45, 2.75) is 25.8 Å². The molecule has 0 saturated carbocycles. The number of amides is 1. The Morgan fingerprint density at radius 1 is 1.37 bits per heavy atom. The first kappa shape index (κ1) is 12.2. The van der Waals surface area contributed by atoms with Gasteiger partial charge in [0.15, 0.2) is 5.41 Å². The molecule has 1 aliphatic carbocycles. The van der Waals surface area contributed by atoms with Crippen LogP contribution >= 0.6 is 0 Å². The minimum absolute atomic E-state index is 0.208. The second-order valence-corrected chi connectivity index (χ2v) is 5.33. The lowest BCUT2D eigenvalue weighted by atomic mass is 9.87. The van der Waals surface area contributed by atoms with Crippen LogP contribution in [0.3, 0.4) is 0 Å². The number of rotatable bonds is 3. The molecule has 1 aromatic carbocycles. The molecule has 0 atom stereocenters. The van der Waals surface area contributed by atoms with Gasteiger partial charge in [-0.2, -0.15) is 5.26 Å². The number of nitrogens with one attached hydrogen (secondary N) is 1. The van der Waals surface area contributed by atoms with E-state index in [-0.39, 0.29) is 19.1 Å². The van der Waals surface area contributed by atoms with E-state index in [1.165, 1.54) is 17.5 Å². The fourth-order valence-electron chi connectivity index (χ4n) is 2.64. The van der Waals surface area contributed by atoms with Crippen LogP contribution in [0.25, 0.3) is 0 Å². The third kappa shape index (κ3) is 2.11. The van der Waals surface area contributed by atoms with Crippen LogP contribution in [0.5, 0.6) is 0 Å². The van der Waals surface area contributed by atoms with Gasteiger partial charge in [0.1, 0.15) is 0 Å². The Bertz CT molecular complexity index is 556. The zero-order valence-electron chi connectivity index (χ0n) is 10.7. The summed E-state index contributed by atoms with van der Waals surface area (Å²) in [4.78, 5) is 12.0. The highest BCUT2D eigenvalue weighted by Crippen LogP contribution is 2.27. The number of carbonyl (C=O) groups is 1. The normalized spacial score (nSPS) is 19.1. The Labute approximate surface area is 112 Å². The summed E-state index contributed by atoms with van der Waals surface area (Å²) in [5.41, 5.74) is 2.96. The topological polar surface area (TPSA) is 62.1 Å². The van der Waals surface area contributed by atoms with Gasteiger partial charge < -0.3 is 10.1 Å². The number of hydrogen-bond acceptors (Lipinski definition) is 3. The molecule has 1 aromatic rings. The van der Waals surface area contributed by atoms with Crippen molar-refractivity contribution in [3.8, 4) is 6.07 Å². The summed E-state index contributed by atoms with van der Waals surface area (Å²) in [5.74, 6) is -0.221. The van der Waals surface area contributed by atoms with Crippen LogP contribution in [0.15, 0.2) is 18.2 Å². The Morgan fingerprint density at radius 2 is 2.16 bits per heavy atom. The summed E-state index contributed by atoms with van der Waals surface area (Å²) in [6, 6.07) is 8.43. The lowest BCUT2D eigenvalue weighted by Gasteiger charge is -2.33. The molecule has 1 N–H and O–H groups in total. The summed E-state index contributed by atoms with van der Waals surface area (Å²) in [7, 11) is 0. The molecule has 1 heterocycles. The number of nitriles is 1. The average Bonchev–Trinajstić information content (AvgIpc) is 2.83. The largest absolute Gasteiger partial charge is 0.377 e. The van der Waals surface area contributed by atoms with Crippen molar-refractivity contribution < 1.29 is 9.53 Å². The second-order valence-electron chi connectivity index (χ2n) is 5.33. The zero-order valence-corrected chi connectivity index (χ0v) is 10.7. The monoisotopic (exact) mass is 256 g/mol. The first-order valence-corrected chi connectivity index (χ1v) is 6.61. The molecule has 1 aliphatic heterocycles. The smallest absolute Gasteiger partial charge is 0.245 e. The summed E-state index contributed by atoms with van der Waals surface area (Å²) >= 11 is 0. The zero-order chi connectivity index (χ0) is 13.3. The molecule has 0 spiro atoms. The molecular weight excluding hydrogens is 240 g/mol. The van der Waals surface area contributed by atoms with Gasteiger partial charge in [0, 0.05) is 6.54 Å². The lowest BCUT2D eigenvalue weighted by Crippen LogP contribution is -2.52. The van der Waals surface area contributed by atoms with Crippen LogP contribution in [0.1, 0.15) is 23.1 Å². The minimum Gasteiger partial charge on any atom is -0.377 e. The molecule has 0 radical (unpaired) electrons. The molecule has 1 amide bonds. The van der Waals surface area contributed by atoms with E-state index in [4.69, 9.17) is 10.00 Å². The fraction of sp³-hybridized carbons (Fsp3) is 0.467. The summed E-state index contributed by atoms with van der Waals surface area (Å²) in [6.07, 6.45) is 3.52. The Kier molecular flexibility index (Phi) is 3.00. The van der Waals surface area contributed by atoms with Crippen molar-refractivity contribution in [2.24, 2.45) is 5.41 Å². The van der Waals surface area contributed by atoms with Crippen molar-refractivity contribution in [3.05, 3.63) is 34.9 Å². The van der Waals surface area contributed by atoms with Crippen LogP contribution in [-0.4, -0.2) is 19.1 Å². The van der Waals surface area contributed by atoms with Gasteiger partial charge in [-0.3, -0.25) is 4.79 Å². The van der Waals surface area contributed by atoms with Gasteiger partial charge in [0.05, 0.1) is 19.3 Å². The van der Waals surface area contributed by atoms with E-state index in [9.17, 15) is 4.79 Å². The molecule has 0 aromatic heterocycles. The highest BCUT2D eigenvalue weighted by atomic mass is 16.5. The Hall–Kier alpha value is -1.86. The molecule has 4 nitrogen and oxygen atoms in total. The van der Waals surface area contributed by atoms with Crippen LogP contribution in [0.2, 0.25) is 0 Å². The quantitative estimate of drug-likeness (QED) is 0.887. The van der Waals surface area contributed by atoms with Gasteiger partial charge in [-0.15, -0.1) is 0 Å². The summed E-state index contributed by atoms with van der Waals surface area (Å²) in [5, 5.41) is 11.9. The van der Waals surface area contributed by atoms with Crippen molar-refractivity contribution in [1.29, 1.82) is 5.26 Å². The van der Waals surface area contributed by atoms with Gasteiger partial charge in [-0.25, -0.2) is 0 Å². The maximum Gasteiger partial charge on any atom is 0.245 e. The van der Waals surface area contributed by atoms with E-state index >= 15 is 0 Å². The molecular formula is C15H16N2O2. The molecule has 0 unspecified atom stereocenters. The van der Waals surface area contributed by atoms with Crippen molar-refractivity contribution in [3.63, 3.8) is 0 Å². The second kappa shape index (κ2) is 4.67. The van der Waals surface area contributed by atoms with E-state index in [1.54, 1.807) is 0 Å². The highest BCUT2D eigenvalue weighted by molar-refractivity contribution is 5.86. The molecule has 1 saturated heterocycles. The predicted octanol–water partition coefficient (Wildman–Crippen LogP) is 1.33. The Morgan fingerprint density at radius 3 is 2.84 bits per heavy atom. The van der Waals surface area contributed by atoms with Crippen molar-refractivity contribution >= 4 is 5.91 Å². The number of aryl methyl sites for hydroxylation is 2. The molecule has 3 rings (SSSR count). The van der Waals surface area contributed by atoms with Gasteiger partial charge in [0.2, 0.25) is 5.91 Å². The van der Waals surface area contributed by atoms with E-state index in [1.807, 2.05) is 0 Å². The van der Waals surface area contributed by atoms with Gasteiger partial charge in [-0.1, -0.05) is 18.2 Å². The molecule has 1 fully saturated rings. The fourth-order valence-corrected chi connectivity index (χ4v) is 2.64. The van der Waals surface area contributed by atoms with Crippen molar-refractivity contribution in [1.82, 2.24) is 5.32 Å². The number of fused-ring (bicyclic) bond motifs is 1. The minimum atomic E-state index is -0.962. The SMILES string of the molecule is N#CC1(C(=O)NCc2ccc3c(c2)CCC3)COC1. The van der Waals surface area contributed by atoms with Crippen LogP contribution in [0, 0.1) is 16.7 Å². The third-order valence-corrected chi connectivity index (χ3v) is 3.96. The first-order chi connectivity index (χ1) is 9.23. The van der Waals surface area contributed by atoms with Crippen LogP contribution < -0.4 is 5.32 Å². The first-order valence-electron chi connectivity index (χ1n) is 6.61. The maximum absolute atomic E-state index is 12.0. The summed E-state index contributed by atoms with van der Waals surface area (Å²) in [6.45, 7) is 0.897. The van der Waals surface area contributed by atoms with Gasteiger partial charge in [-0.05, 0) is 36.0 Å². The van der Waals surface area contributed by atoms with Crippen LogP contribution in [0.4, 0.5) is 0 Å². The number of ether oxygens (including phenoxy) is 1. The highest BCUT2D eigenvalue weighted by Gasteiger charge is 2.46. The number of hydrogen-bond donors (Lipinski definition) is 1. The molecule has 2 aliphatic rings. The molecule has 98 valence electrons. The van der Waals surface area contributed by atoms with Gasteiger partial charge >= 0.3 is 0 Å².